The van der Waals surface area contributed by atoms with Crippen LogP contribution in [0.1, 0.15) is 11.3 Å². The Morgan fingerprint density at radius 3 is 2.75 bits per heavy atom. The van der Waals surface area contributed by atoms with E-state index in [1.807, 2.05) is 41.8 Å². The van der Waals surface area contributed by atoms with Gasteiger partial charge in [-0.1, -0.05) is 36.4 Å². The van der Waals surface area contributed by atoms with E-state index in [9.17, 15) is 4.79 Å². The van der Waals surface area contributed by atoms with Crippen molar-refractivity contribution in [2.75, 3.05) is 7.11 Å². The van der Waals surface area contributed by atoms with Crippen molar-refractivity contribution in [2.24, 2.45) is 0 Å². The van der Waals surface area contributed by atoms with Gasteiger partial charge in [0.05, 0.1) is 19.2 Å². The summed E-state index contributed by atoms with van der Waals surface area (Å²) in [5, 5.41) is 5.73. The zero-order valence-electron chi connectivity index (χ0n) is 13.2. The average Bonchev–Trinajstić information content (AvgIpc) is 3.09. The Bertz CT molecular complexity index is 801. The first-order valence-corrected chi connectivity index (χ1v) is 8.38. The fraction of sp³-hybridized carbons (Fsp3) is 0.167. The van der Waals surface area contributed by atoms with Crippen LogP contribution in [0.5, 0.6) is 5.88 Å². The second-order valence-electron chi connectivity index (χ2n) is 5.17. The lowest BCUT2D eigenvalue weighted by atomic mass is 10.2. The maximum atomic E-state index is 12.1. The van der Waals surface area contributed by atoms with Gasteiger partial charge >= 0.3 is 0 Å². The normalized spacial score (nSPS) is 10.4. The van der Waals surface area contributed by atoms with Gasteiger partial charge in [-0.2, -0.15) is 0 Å². The molecule has 0 saturated carbocycles. The van der Waals surface area contributed by atoms with Crippen molar-refractivity contribution < 1.29 is 9.53 Å². The summed E-state index contributed by atoms with van der Waals surface area (Å²) in [6.45, 7) is 0.436. The number of nitrogens with zero attached hydrogens (tertiary/aromatic N) is 2. The van der Waals surface area contributed by atoms with E-state index >= 15 is 0 Å². The summed E-state index contributed by atoms with van der Waals surface area (Å²) in [5.41, 5.74) is 2.77. The van der Waals surface area contributed by atoms with Crippen LogP contribution in [0.25, 0.3) is 10.6 Å². The van der Waals surface area contributed by atoms with Crippen molar-refractivity contribution in [3.63, 3.8) is 0 Å². The number of aromatic nitrogens is 2. The molecular weight excluding hydrogens is 322 g/mol. The lowest BCUT2D eigenvalue weighted by molar-refractivity contribution is -0.120. The summed E-state index contributed by atoms with van der Waals surface area (Å²) in [5.74, 6) is 0.497. The molecule has 122 valence electrons. The minimum atomic E-state index is -0.0595. The molecule has 0 spiro atoms. The number of hydrogen-bond acceptors (Lipinski definition) is 5. The van der Waals surface area contributed by atoms with Crippen molar-refractivity contribution in [3.05, 3.63) is 65.3 Å². The van der Waals surface area contributed by atoms with Crippen LogP contribution in [0.3, 0.4) is 0 Å². The minimum Gasteiger partial charge on any atom is -0.481 e. The first-order valence-electron chi connectivity index (χ1n) is 7.50. The van der Waals surface area contributed by atoms with Crippen LogP contribution in [0.4, 0.5) is 0 Å². The van der Waals surface area contributed by atoms with Gasteiger partial charge in [0.1, 0.15) is 5.01 Å². The average molecular weight is 339 g/mol. The Morgan fingerprint density at radius 2 is 2.04 bits per heavy atom. The van der Waals surface area contributed by atoms with Gasteiger partial charge in [0.25, 0.3) is 0 Å². The number of carbonyl (C=O) groups is 1. The molecule has 0 aliphatic rings. The lowest BCUT2D eigenvalue weighted by Gasteiger charge is -2.05. The molecule has 0 atom stereocenters. The van der Waals surface area contributed by atoms with Gasteiger partial charge in [-0.3, -0.25) is 4.79 Å². The third-order valence-corrected chi connectivity index (χ3v) is 4.35. The second kappa shape index (κ2) is 7.70. The zero-order valence-corrected chi connectivity index (χ0v) is 14.0. The molecule has 3 aromatic rings. The Hall–Kier alpha value is -2.73. The number of thiazole rings is 1. The van der Waals surface area contributed by atoms with Crippen LogP contribution in [-0.2, 0) is 17.8 Å². The molecule has 1 N–H and O–H groups in total. The molecule has 0 bridgehead atoms. The predicted octanol–water partition coefficient (Wildman–Crippen LogP) is 3.07. The second-order valence-corrected chi connectivity index (χ2v) is 6.03. The van der Waals surface area contributed by atoms with Gasteiger partial charge in [-0.25, -0.2) is 9.97 Å². The molecule has 0 unspecified atom stereocenters. The largest absolute Gasteiger partial charge is 0.481 e. The first-order chi connectivity index (χ1) is 11.7. The molecule has 0 saturated heterocycles. The van der Waals surface area contributed by atoms with Gasteiger partial charge in [-0.15, -0.1) is 11.3 Å². The molecule has 0 fully saturated rings. The number of methoxy groups -OCH3 is 1. The minimum absolute atomic E-state index is 0.0595. The van der Waals surface area contributed by atoms with Crippen LogP contribution in [0.2, 0.25) is 0 Å². The highest BCUT2D eigenvalue weighted by atomic mass is 32.1. The topological polar surface area (TPSA) is 64.1 Å². The summed E-state index contributed by atoms with van der Waals surface area (Å²) >= 11 is 1.55. The van der Waals surface area contributed by atoms with E-state index in [1.54, 1.807) is 30.7 Å². The molecule has 0 aliphatic carbocycles. The van der Waals surface area contributed by atoms with Crippen molar-refractivity contribution in [3.8, 4) is 16.5 Å². The molecule has 0 radical (unpaired) electrons. The lowest BCUT2D eigenvalue weighted by Crippen LogP contribution is -2.24. The predicted molar refractivity (Wildman–Crippen MR) is 93.9 cm³/mol. The van der Waals surface area contributed by atoms with Crippen LogP contribution in [0.15, 0.2) is 54.0 Å². The van der Waals surface area contributed by atoms with Crippen molar-refractivity contribution in [2.45, 2.75) is 13.0 Å². The third-order valence-electron chi connectivity index (χ3n) is 3.41. The number of nitrogens with one attached hydrogen (secondary N) is 1. The maximum Gasteiger partial charge on any atom is 0.226 e. The summed E-state index contributed by atoms with van der Waals surface area (Å²) in [4.78, 5) is 20.7. The SMILES string of the molecule is COc1ccc(CNC(=O)Cc2csc(-c3ccccc3)n2)cn1. The van der Waals surface area contributed by atoms with Crippen LogP contribution < -0.4 is 10.1 Å². The number of rotatable bonds is 6. The molecule has 2 heterocycles. The molecule has 6 heteroatoms. The zero-order chi connectivity index (χ0) is 16.8. The smallest absolute Gasteiger partial charge is 0.226 e. The highest BCUT2D eigenvalue weighted by molar-refractivity contribution is 7.13. The molecule has 1 aromatic carbocycles. The van der Waals surface area contributed by atoms with Crippen molar-refractivity contribution in [1.29, 1.82) is 0 Å². The highest BCUT2D eigenvalue weighted by Gasteiger charge is 2.09. The number of benzene rings is 1. The van der Waals surface area contributed by atoms with E-state index in [1.165, 1.54) is 0 Å². The number of carbonyl (C=O) groups excluding carboxylic acids is 1. The number of hydrogen-bond donors (Lipinski definition) is 1. The van der Waals surface area contributed by atoms with Crippen LogP contribution in [0, 0.1) is 0 Å². The third kappa shape index (κ3) is 4.17. The highest BCUT2D eigenvalue weighted by Crippen LogP contribution is 2.23. The summed E-state index contributed by atoms with van der Waals surface area (Å²) in [7, 11) is 1.57. The summed E-state index contributed by atoms with van der Waals surface area (Å²) in [6, 6.07) is 13.6. The molecule has 2 aromatic heterocycles. The van der Waals surface area contributed by atoms with Crippen molar-refractivity contribution in [1.82, 2.24) is 15.3 Å². The van der Waals surface area contributed by atoms with Crippen LogP contribution in [-0.4, -0.2) is 23.0 Å². The van der Waals surface area contributed by atoms with Crippen molar-refractivity contribution >= 4 is 17.2 Å². The van der Waals surface area contributed by atoms with Gasteiger partial charge in [0.2, 0.25) is 11.8 Å². The molecule has 5 nitrogen and oxygen atoms in total. The molecule has 0 aliphatic heterocycles. The van der Waals surface area contributed by atoms with E-state index in [0.29, 0.717) is 12.4 Å². The Labute approximate surface area is 144 Å². The van der Waals surface area contributed by atoms with E-state index in [-0.39, 0.29) is 12.3 Å². The number of ether oxygens (including phenoxy) is 1. The fourth-order valence-electron chi connectivity index (χ4n) is 2.17. The molecule has 24 heavy (non-hydrogen) atoms. The quantitative estimate of drug-likeness (QED) is 0.750. The van der Waals surface area contributed by atoms with Gasteiger partial charge < -0.3 is 10.1 Å². The molecular formula is C18H17N3O2S. The van der Waals surface area contributed by atoms with Gasteiger partial charge in [-0.05, 0) is 5.56 Å². The fourth-order valence-corrected chi connectivity index (χ4v) is 2.99. The molecule has 3 rings (SSSR count). The Kier molecular flexibility index (Phi) is 5.18. The number of amides is 1. The van der Waals surface area contributed by atoms with Gasteiger partial charge in [0, 0.05) is 29.8 Å². The van der Waals surface area contributed by atoms with E-state index in [0.717, 1.165) is 21.8 Å². The van der Waals surface area contributed by atoms with Crippen LogP contribution >= 0.6 is 11.3 Å². The maximum absolute atomic E-state index is 12.1. The Balaban J connectivity index is 1.54. The van der Waals surface area contributed by atoms with E-state index in [2.05, 4.69) is 15.3 Å². The monoisotopic (exact) mass is 339 g/mol. The van der Waals surface area contributed by atoms with E-state index < -0.39 is 0 Å². The number of pyridine rings is 1. The molecule has 1 amide bonds. The summed E-state index contributed by atoms with van der Waals surface area (Å²) < 4.78 is 5.01. The first kappa shape index (κ1) is 16.1. The Morgan fingerprint density at radius 1 is 1.21 bits per heavy atom. The van der Waals surface area contributed by atoms with E-state index in [4.69, 9.17) is 4.74 Å². The van der Waals surface area contributed by atoms with Gasteiger partial charge in [0.15, 0.2) is 0 Å². The summed E-state index contributed by atoms with van der Waals surface area (Å²) in [6.07, 6.45) is 1.96. The standard InChI is InChI=1S/C18H17N3O2S/c1-23-17-8-7-13(11-20-17)10-19-16(22)9-15-12-24-18(21-15)14-5-3-2-4-6-14/h2-8,11-12H,9-10H2,1H3,(H,19,22).